The molecule has 1 rings (SSSR count). The third kappa shape index (κ3) is 2.34. The van der Waals surface area contributed by atoms with E-state index in [0.717, 1.165) is 0 Å². The van der Waals surface area contributed by atoms with Gasteiger partial charge in [-0.15, -0.1) is 0 Å². The Balaban J connectivity index is 2.84. The number of carboxylic acid groups (broad SMARTS) is 1. The summed E-state index contributed by atoms with van der Waals surface area (Å²) in [4.78, 5) is 24.9. The maximum atomic E-state index is 10.6. The summed E-state index contributed by atoms with van der Waals surface area (Å²) in [5.74, 6) is -1.33. The first-order valence-corrected chi connectivity index (χ1v) is 3.50. The summed E-state index contributed by atoms with van der Waals surface area (Å²) in [5.41, 5.74) is 1.26. The molecule has 1 aromatic rings. The van der Waals surface area contributed by atoms with Crippen LogP contribution < -0.4 is 10.4 Å². The predicted octanol–water partition coefficient (Wildman–Crippen LogP) is 0.460. The van der Waals surface area contributed by atoms with Gasteiger partial charge in [-0.1, -0.05) is 12.1 Å². The van der Waals surface area contributed by atoms with Crippen molar-refractivity contribution in [1.82, 2.24) is 5.59 Å². The van der Waals surface area contributed by atoms with E-state index in [1.165, 1.54) is 29.9 Å². The number of para-hydroxylation sites is 1. The quantitative estimate of drug-likeness (QED) is 0.538. The van der Waals surface area contributed by atoms with Crippen molar-refractivity contribution < 1.29 is 19.8 Å². The molecule has 0 spiro atoms. The topological polar surface area (TPSA) is 102 Å². The smallest absolute Gasteiger partial charge is 0.339 e. The zero-order chi connectivity index (χ0) is 10.6. The summed E-state index contributed by atoms with van der Waals surface area (Å²) in [6.45, 7) is 0. The third-order valence-electron chi connectivity index (χ3n) is 1.35. The number of nitro groups is 1. The van der Waals surface area contributed by atoms with Crippen LogP contribution in [0.4, 0.5) is 0 Å². The lowest BCUT2D eigenvalue weighted by Gasteiger charge is -2.03. The van der Waals surface area contributed by atoms with Crippen LogP contribution in [0.3, 0.4) is 0 Å². The van der Waals surface area contributed by atoms with E-state index in [-0.39, 0.29) is 11.3 Å². The van der Waals surface area contributed by atoms with Gasteiger partial charge in [0.05, 0.1) is 0 Å². The molecule has 0 aliphatic heterocycles. The highest BCUT2D eigenvalue weighted by Gasteiger charge is 2.11. The Labute approximate surface area is 78.0 Å². The molecular weight excluding hydrogens is 192 g/mol. The SMILES string of the molecule is O=C(O)c1ccccc1ON[N+](=O)[O-]. The van der Waals surface area contributed by atoms with E-state index in [0.29, 0.717) is 0 Å². The lowest BCUT2D eigenvalue weighted by Crippen LogP contribution is -2.26. The monoisotopic (exact) mass is 198 g/mol. The van der Waals surface area contributed by atoms with E-state index >= 15 is 0 Å². The number of benzene rings is 1. The van der Waals surface area contributed by atoms with Crippen LogP contribution in [0.5, 0.6) is 5.75 Å². The van der Waals surface area contributed by atoms with Gasteiger partial charge in [-0.2, -0.15) is 0 Å². The molecule has 0 saturated heterocycles. The van der Waals surface area contributed by atoms with Crippen molar-refractivity contribution in [1.29, 1.82) is 0 Å². The van der Waals surface area contributed by atoms with Gasteiger partial charge in [-0.3, -0.25) is 0 Å². The maximum Gasteiger partial charge on any atom is 0.339 e. The lowest BCUT2D eigenvalue weighted by atomic mass is 10.2. The molecule has 1 aromatic carbocycles. The van der Waals surface area contributed by atoms with Crippen LogP contribution in [-0.2, 0) is 0 Å². The number of carboxylic acids is 1. The fourth-order valence-electron chi connectivity index (χ4n) is 0.819. The molecule has 74 valence electrons. The zero-order valence-corrected chi connectivity index (χ0v) is 6.84. The number of hydrogen-bond acceptors (Lipinski definition) is 4. The molecule has 2 N–H and O–H groups in total. The summed E-state index contributed by atoms with van der Waals surface area (Å²) in [7, 11) is 0. The highest BCUT2D eigenvalue weighted by Crippen LogP contribution is 2.16. The van der Waals surface area contributed by atoms with Crippen LogP contribution in [-0.4, -0.2) is 16.1 Å². The average Bonchev–Trinajstić information content (AvgIpc) is 2.15. The van der Waals surface area contributed by atoms with Gasteiger partial charge in [0.15, 0.2) is 10.8 Å². The maximum absolute atomic E-state index is 10.6. The molecule has 7 heteroatoms. The van der Waals surface area contributed by atoms with E-state index in [2.05, 4.69) is 4.84 Å². The van der Waals surface area contributed by atoms with Crippen molar-refractivity contribution in [3.8, 4) is 5.75 Å². The molecule has 0 radical (unpaired) electrons. The molecule has 0 fully saturated rings. The van der Waals surface area contributed by atoms with Crippen molar-refractivity contribution in [2.24, 2.45) is 0 Å². The van der Waals surface area contributed by atoms with Gasteiger partial charge < -0.3 is 9.94 Å². The highest BCUT2D eigenvalue weighted by molar-refractivity contribution is 5.90. The minimum absolute atomic E-state index is 0.114. The Morgan fingerprint density at radius 1 is 1.50 bits per heavy atom. The van der Waals surface area contributed by atoms with Gasteiger partial charge in [0.25, 0.3) is 0 Å². The molecule has 0 aliphatic rings. The van der Waals surface area contributed by atoms with Gasteiger partial charge in [0, 0.05) is 5.59 Å². The van der Waals surface area contributed by atoms with Crippen LogP contribution in [0, 0.1) is 10.1 Å². The Morgan fingerprint density at radius 3 is 2.71 bits per heavy atom. The zero-order valence-electron chi connectivity index (χ0n) is 6.84. The fraction of sp³-hybridized carbons (Fsp3) is 0. The number of nitrogens with zero attached hydrogens (tertiary/aromatic N) is 1. The second-order valence-corrected chi connectivity index (χ2v) is 2.25. The summed E-state index contributed by atoms with van der Waals surface area (Å²) in [6.07, 6.45) is 0. The number of hydrazine groups is 1. The van der Waals surface area contributed by atoms with E-state index < -0.39 is 11.0 Å². The normalized spacial score (nSPS) is 9.14. The second kappa shape index (κ2) is 4.08. The molecule has 0 unspecified atom stereocenters. The number of carbonyl (C=O) groups is 1. The van der Waals surface area contributed by atoms with Crippen LogP contribution in [0.25, 0.3) is 0 Å². The molecule has 7 nitrogen and oxygen atoms in total. The Hall–Kier alpha value is -2.31. The minimum atomic E-state index is -1.22. The molecule has 0 aliphatic carbocycles. The van der Waals surface area contributed by atoms with Crippen molar-refractivity contribution in [2.45, 2.75) is 0 Å². The summed E-state index contributed by atoms with van der Waals surface area (Å²) >= 11 is 0. The van der Waals surface area contributed by atoms with Gasteiger partial charge >= 0.3 is 5.97 Å². The predicted molar refractivity (Wildman–Crippen MR) is 44.2 cm³/mol. The molecule has 0 saturated carbocycles. The molecular formula is C7H6N2O5. The Kier molecular flexibility index (Phi) is 2.85. The van der Waals surface area contributed by atoms with Crippen molar-refractivity contribution in [3.63, 3.8) is 0 Å². The van der Waals surface area contributed by atoms with E-state index in [1.54, 1.807) is 0 Å². The van der Waals surface area contributed by atoms with E-state index in [1.807, 2.05) is 0 Å². The van der Waals surface area contributed by atoms with Crippen molar-refractivity contribution >= 4 is 5.97 Å². The molecule has 0 heterocycles. The number of rotatable bonds is 4. The third-order valence-corrected chi connectivity index (χ3v) is 1.35. The first kappa shape index (κ1) is 9.78. The summed E-state index contributed by atoms with van der Waals surface area (Å²) in [5, 5.41) is 17.6. The largest absolute Gasteiger partial charge is 0.478 e. The minimum Gasteiger partial charge on any atom is -0.478 e. The first-order valence-electron chi connectivity index (χ1n) is 3.50. The summed E-state index contributed by atoms with van der Waals surface area (Å²) in [6, 6.07) is 5.57. The second-order valence-electron chi connectivity index (χ2n) is 2.25. The van der Waals surface area contributed by atoms with Gasteiger partial charge in [0.2, 0.25) is 0 Å². The van der Waals surface area contributed by atoms with Crippen LogP contribution >= 0.6 is 0 Å². The van der Waals surface area contributed by atoms with Gasteiger partial charge in [-0.25, -0.2) is 14.9 Å². The van der Waals surface area contributed by atoms with Crippen LogP contribution in [0.15, 0.2) is 24.3 Å². The molecule has 0 atom stereocenters. The van der Waals surface area contributed by atoms with Crippen LogP contribution in [0.1, 0.15) is 10.4 Å². The molecule has 14 heavy (non-hydrogen) atoms. The van der Waals surface area contributed by atoms with E-state index in [9.17, 15) is 14.9 Å². The number of nitrogens with one attached hydrogen (secondary N) is 1. The standard InChI is InChI=1S/C7H6N2O5/c10-7(11)5-3-1-2-4-6(5)14-8-9(12)13/h1-4,8H,(H,10,11). The molecule has 0 aromatic heterocycles. The summed E-state index contributed by atoms with van der Waals surface area (Å²) < 4.78 is 0. The van der Waals surface area contributed by atoms with Gasteiger partial charge in [0.1, 0.15) is 5.56 Å². The lowest BCUT2D eigenvalue weighted by molar-refractivity contribution is -0.592. The first-order chi connectivity index (χ1) is 6.61. The Morgan fingerprint density at radius 2 is 2.14 bits per heavy atom. The highest BCUT2D eigenvalue weighted by atomic mass is 16.8. The van der Waals surface area contributed by atoms with Gasteiger partial charge in [-0.05, 0) is 12.1 Å². The van der Waals surface area contributed by atoms with E-state index in [4.69, 9.17) is 5.11 Å². The molecule has 0 bridgehead atoms. The number of aromatic carboxylic acids is 1. The molecule has 0 amide bonds. The number of hydrogen-bond donors (Lipinski definition) is 2. The average molecular weight is 198 g/mol. The van der Waals surface area contributed by atoms with Crippen LogP contribution in [0.2, 0.25) is 0 Å². The fourth-order valence-corrected chi connectivity index (χ4v) is 0.819. The van der Waals surface area contributed by atoms with Crippen molar-refractivity contribution in [3.05, 3.63) is 39.9 Å². The Bertz CT molecular complexity index is 365. The van der Waals surface area contributed by atoms with Crippen molar-refractivity contribution in [2.75, 3.05) is 0 Å².